The van der Waals surface area contributed by atoms with E-state index in [2.05, 4.69) is 22.8 Å². The number of nitrogens with one attached hydrogen (secondary N) is 2. The van der Waals surface area contributed by atoms with Gasteiger partial charge in [0.1, 0.15) is 12.6 Å². The van der Waals surface area contributed by atoms with Crippen molar-refractivity contribution in [1.29, 1.82) is 0 Å². The lowest BCUT2D eigenvalue weighted by atomic mass is 9.89. The number of ether oxygens (including phenoxy) is 1. The molecule has 0 fully saturated rings. The summed E-state index contributed by atoms with van der Waals surface area (Å²) in [5, 5.41) is 14.9. The van der Waals surface area contributed by atoms with Crippen LogP contribution in [0.3, 0.4) is 0 Å². The van der Waals surface area contributed by atoms with E-state index in [1.165, 1.54) is 0 Å². The minimum Gasteiger partial charge on any atom is -0.481 e. The molecule has 2 aromatic carbocycles. The van der Waals surface area contributed by atoms with Crippen LogP contribution in [-0.2, 0) is 14.3 Å². The minimum atomic E-state index is -0.964. The van der Waals surface area contributed by atoms with Crippen molar-refractivity contribution in [2.75, 3.05) is 6.61 Å². The van der Waals surface area contributed by atoms with Crippen LogP contribution in [0.25, 0.3) is 11.1 Å². The average Bonchev–Trinajstić information content (AvgIpc) is 3.09. The van der Waals surface area contributed by atoms with Crippen LogP contribution in [0.15, 0.2) is 48.5 Å². The molecule has 0 saturated carbocycles. The van der Waals surface area contributed by atoms with Crippen molar-refractivity contribution in [1.82, 2.24) is 10.6 Å². The molecule has 3 N–H and O–H groups in total. The maximum atomic E-state index is 12.9. The first-order valence-electron chi connectivity index (χ1n) is 11.8. The van der Waals surface area contributed by atoms with E-state index in [0.717, 1.165) is 22.3 Å². The Morgan fingerprint density at radius 2 is 1.38 bits per heavy atom. The highest BCUT2D eigenvalue weighted by Crippen LogP contribution is 2.44. The molecule has 182 valence electrons. The summed E-state index contributed by atoms with van der Waals surface area (Å²) in [6.45, 7) is 9.05. The molecule has 34 heavy (non-hydrogen) atoms. The number of aliphatic carboxylic acids is 1. The van der Waals surface area contributed by atoms with E-state index in [0.29, 0.717) is 0 Å². The molecular formula is C27H34N2O5. The lowest BCUT2D eigenvalue weighted by Gasteiger charge is -2.28. The largest absolute Gasteiger partial charge is 0.481 e. The number of benzene rings is 2. The Balaban J connectivity index is 1.65. The van der Waals surface area contributed by atoms with Crippen LogP contribution in [0.5, 0.6) is 0 Å². The first-order chi connectivity index (χ1) is 16.1. The first-order valence-corrected chi connectivity index (χ1v) is 11.8. The van der Waals surface area contributed by atoms with Crippen LogP contribution < -0.4 is 10.6 Å². The second-order valence-electron chi connectivity index (χ2n) is 9.60. The predicted molar refractivity (Wildman–Crippen MR) is 130 cm³/mol. The van der Waals surface area contributed by atoms with Crippen molar-refractivity contribution in [2.45, 2.75) is 52.6 Å². The quantitative estimate of drug-likeness (QED) is 0.508. The highest BCUT2D eigenvalue weighted by molar-refractivity contribution is 5.86. The molecule has 1 aliphatic carbocycles. The molecule has 0 heterocycles. The monoisotopic (exact) mass is 466 g/mol. The van der Waals surface area contributed by atoms with Gasteiger partial charge in [-0.25, -0.2) is 4.79 Å². The molecule has 1 aliphatic rings. The van der Waals surface area contributed by atoms with Gasteiger partial charge in [-0.1, -0.05) is 76.2 Å². The van der Waals surface area contributed by atoms with E-state index < -0.39 is 36.0 Å². The second kappa shape index (κ2) is 10.7. The number of rotatable bonds is 9. The third kappa shape index (κ3) is 5.41. The van der Waals surface area contributed by atoms with Gasteiger partial charge in [0, 0.05) is 12.0 Å². The van der Waals surface area contributed by atoms with E-state index >= 15 is 0 Å². The number of hydrogen-bond acceptors (Lipinski definition) is 4. The first kappa shape index (κ1) is 25.3. The number of carbonyl (C=O) groups excluding carboxylic acids is 2. The number of amides is 2. The number of carboxylic acid groups (broad SMARTS) is 1. The second-order valence-corrected chi connectivity index (χ2v) is 9.60. The zero-order valence-corrected chi connectivity index (χ0v) is 20.4. The lowest BCUT2D eigenvalue weighted by molar-refractivity contribution is -0.144. The molecule has 7 heteroatoms. The van der Waals surface area contributed by atoms with Crippen LogP contribution >= 0.6 is 0 Å². The van der Waals surface area contributed by atoms with Crippen molar-refractivity contribution in [3.05, 3.63) is 59.7 Å². The Kier molecular flexibility index (Phi) is 7.97. The topological polar surface area (TPSA) is 105 Å². The van der Waals surface area contributed by atoms with Gasteiger partial charge in [0.05, 0.1) is 5.92 Å². The van der Waals surface area contributed by atoms with Gasteiger partial charge in [0.15, 0.2) is 0 Å². The van der Waals surface area contributed by atoms with Gasteiger partial charge in [-0.05, 0) is 41.0 Å². The van der Waals surface area contributed by atoms with Crippen molar-refractivity contribution < 1.29 is 24.2 Å². The van der Waals surface area contributed by atoms with Gasteiger partial charge in [-0.3, -0.25) is 9.59 Å². The predicted octanol–water partition coefficient (Wildman–Crippen LogP) is 4.41. The van der Waals surface area contributed by atoms with Crippen molar-refractivity contribution in [3.8, 4) is 11.1 Å². The Bertz CT molecular complexity index is 1000. The van der Waals surface area contributed by atoms with Crippen molar-refractivity contribution in [3.63, 3.8) is 0 Å². The molecule has 2 aromatic rings. The van der Waals surface area contributed by atoms with Crippen LogP contribution in [0, 0.1) is 17.8 Å². The molecule has 2 amide bonds. The fraction of sp³-hybridized carbons (Fsp3) is 0.444. The smallest absolute Gasteiger partial charge is 0.407 e. The van der Waals surface area contributed by atoms with Crippen LogP contribution in [0.2, 0.25) is 0 Å². The maximum Gasteiger partial charge on any atom is 0.407 e. The standard InChI is InChI=1S/C27H34N2O5/c1-15(2)23(26(31)32)17(5)28-25(30)24(16(3)4)29-27(33)34-14-22-20-12-8-6-10-18(20)19-11-7-9-13-21(19)22/h6-13,15-17,22-24H,14H2,1-5H3,(H,28,30)(H,29,33)(H,31,32)/t17?,23?,24-/m0/s1. The van der Waals surface area contributed by atoms with Gasteiger partial charge in [0.25, 0.3) is 0 Å². The third-order valence-electron chi connectivity index (χ3n) is 6.48. The molecule has 2 unspecified atom stereocenters. The Morgan fingerprint density at radius 1 is 0.853 bits per heavy atom. The van der Waals surface area contributed by atoms with E-state index in [-0.39, 0.29) is 24.4 Å². The molecule has 0 aliphatic heterocycles. The Hall–Kier alpha value is -3.35. The highest BCUT2D eigenvalue weighted by Gasteiger charge is 2.33. The summed E-state index contributed by atoms with van der Waals surface area (Å²) in [5.41, 5.74) is 4.49. The van der Waals surface area contributed by atoms with Crippen LogP contribution in [0.4, 0.5) is 4.79 Å². The van der Waals surface area contributed by atoms with Crippen LogP contribution in [0.1, 0.15) is 51.7 Å². The normalized spacial score (nSPS) is 15.3. The molecular weight excluding hydrogens is 432 g/mol. The number of alkyl carbamates (subject to hydrolysis) is 1. The van der Waals surface area contributed by atoms with Gasteiger partial charge in [0.2, 0.25) is 5.91 Å². The number of carboxylic acids is 1. The fourth-order valence-corrected chi connectivity index (χ4v) is 4.78. The van der Waals surface area contributed by atoms with Crippen LogP contribution in [-0.4, -0.2) is 41.8 Å². The SMILES string of the molecule is CC(C)C(C(=O)O)C(C)NC(=O)[C@@H](NC(=O)OCC1c2ccccc2-c2ccccc21)C(C)C. The molecule has 3 atom stereocenters. The summed E-state index contributed by atoms with van der Waals surface area (Å²) in [7, 11) is 0. The molecule has 0 aromatic heterocycles. The molecule has 7 nitrogen and oxygen atoms in total. The molecule has 0 radical (unpaired) electrons. The minimum absolute atomic E-state index is 0.0770. The van der Waals surface area contributed by atoms with Crippen molar-refractivity contribution in [2.24, 2.45) is 17.8 Å². The number of hydrogen-bond donors (Lipinski definition) is 3. The highest BCUT2D eigenvalue weighted by atomic mass is 16.5. The van der Waals surface area contributed by atoms with E-state index in [9.17, 15) is 19.5 Å². The summed E-state index contributed by atoms with van der Waals surface area (Å²) < 4.78 is 5.58. The van der Waals surface area contributed by atoms with Gasteiger partial charge < -0.3 is 20.5 Å². The Morgan fingerprint density at radius 3 is 1.85 bits per heavy atom. The number of carbonyl (C=O) groups is 3. The maximum absolute atomic E-state index is 12.9. The number of fused-ring (bicyclic) bond motifs is 3. The third-order valence-corrected chi connectivity index (χ3v) is 6.48. The van der Waals surface area contributed by atoms with E-state index in [1.807, 2.05) is 50.2 Å². The summed E-state index contributed by atoms with van der Waals surface area (Å²) >= 11 is 0. The van der Waals surface area contributed by atoms with Gasteiger partial charge >= 0.3 is 12.1 Å². The van der Waals surface area contributed by atoms with Gasteiger partial charge in [-0.15, -0.1) is 0 Å². The lowest BCUT2D eigenvalue weighted by Crippen LogP contribution is -2.54. The average molecular weight is 467 g/mol. The van der Waals surface area contributed by atoms with E-state index in [4.69, 9.17) is 4.74 Å². The van der Waals surface area contributed by atoms with Crippen molar-refractivity contribution >= 4 is 18.0 Å². The van der Waals surface area contributed by atoms with Gasteiger partial charge in [-0.2, -0.15) is 0 Å². The Labute approximate surface area is 200 Å². The summed E-state index contributed by atoms with van der Waals surface area (Å²) in [4.78, 5) is 37.2. The molecule has 0 spiro atoms. The van der Waals surface area contributed by atoms with E-state index in [1.54, 1.807) is 20.8 Å². The molecule has 3 rings (SSSR count). The molecule has 0 saturated heterocycles. The zero-order chi connectivity index (χ0) is 25.0. The fourth-order valence-electron chi connectivity index (χ4n) is 4.78. The zero-order valence-electron chi connectivity index (χ0n) is 20.4. The molecule has 0 bridgehead atoms. The summed E-state index contributed by atoms with van der Waals surface area (Å²) in [6, 6.07) is 14.7. The summed E-state index contributed by atoms with van der Waals surface area (Å²) in [6.07, 6.45) is -0.679. The summed E-state index contributed by atoms with van der Waals surface area (Å²) in [5.74, 6) is -2.57.